The first-order valence-electron chi connectivity index (χ1n) is 5.66. The molecule has 1 aliphatic rings. The van der Waals surface area contributed by atoms with Crippen LogP contribution in [-0.2, 0) is 19.1 Å². The van der Waals surface area contributed by atoms with E-state index in [2.05, 4.69) is 4.74 Å². The Hall–Kier alpha value is -1.39. The maximum absolute atomic E-state index is 10.6. The highest BCUT2D eigenvalue weighted by Crippen LogP contribution is 2.21. The Bertz CT molecular complexity index is 290. The predicted octanol–water partition coefficient (Wildman–Crippen LogP) is 1.71. The molecule has 0 spiro atoms. The van der Waals surface area contributed by atoms with E-state index in [0.717, 1.165) is 0 Å². The third-order valence-electron chi connectivity index (χ3n) is 3.08. The lowest BCUT2D eigenvalue weighted by Gasteiger charge is -2.07. The quantitative estimate of drug-likeness (QED) is 0.590. The van der Waals surface area contributed by atoms with Gasteiger partial charge >= 0.3 is 17.9 Å². The summed E-state index contributed by atoms with van der Waals surface area (Å²) in [6.07, 6.45) is 0. The zero-order valence-corrected chi connectivity index (χ0v) is 10.9. The number of carbonyl (C=O) groups is 3. The molecule has 0 aliphatic carbocycles. The smallest absolute Gasteiger partial charge is 0.317 e. The van der Waals surface area contributed by atoms with Crippen LogP contribution < -0.4 is 0 Å². The van der Waals surface area contributed by atoms with Gasteiger partial charge in [-0.25, -0.2) is 0 Å². The molecule has 5 heteroatoms. The van der Waals surface area contributed by atoms with Crippen molar-refractivity contribution in [3.05, 3.63) is 0 Å². The highest BCUT2D eigenvalue weighted by molar-refractivity contribution is 5.95. The minimum atomic E-state index is -0.708. The zero-order chi connectivity index (χ0) is 13.7. The van der Waals surface area contributed by atoms with Crippen molar-refractivity contribution in [3.8, 4) is 0 Å². The molecule has 98 valence electrons. The van der Waals surface area contributed by atoms with E-state index in [-0.39, 0.29) is 23.7 Å². The fourth-order valence-corrected chi connectivity index (χ4v) is 0.978. The maximum atomic E-state index is 10.6. The molecule has 0 aromatic rings. The molecule has 3 atom stereocenters. The van der Waals surface area contributed by atoms with E-state index in [9.17, 15) is 14.4 Å². The molecule has 0 aromatic carbocycles. The number of cyclic esters (lactones) is 2. The van der Waals surface area contributed by atoms with Crippen LogP contribution in [0.15, 0.2) is 0 Å². The summed E-state index contributed by atoms with van der Waals surface area (Å²) in [4.78, 5) is 31.2. The molecule has 5 nitrogen and oxygen atoms in total. The summed E-state index contributed by atoms with van der Waals surface area (Å²) in [6, 6.07) is 0. The molecule has 1 saturated heterocycles. The van der Waals surface area contributed by atoms with E-state index in [4.69, 9.17) is 5.11 Å². The van der Waals surface area contributed by atoms with Gasteiger partial charge in [0.05, 0.1) is 17.8 Å². The van der Waals surface area contributed by atoms with E-state index in [1.165, 1.54) is 0 Å². The molecule has 0 aromatic heterocycles. The maximum Gasteiger partial charge on any atom is 0.317 e. The van der Waals surface area contributed by atoms with Gasteiger partial charge in [0, 0.05) is 0 Å². The van der Waals surface area contributed by atoms with Crippen LogP contribution in [0.3, 0.4) is 0 Å². The van der Waals surface area contributed by atoms with Crippen LogP contribution in [0, 0.1) is 23.7 Å². The van der Waals surface area contributed by atoms with Gasteiger partial charge < -0.3 is 9.84 Å². The largest absolute Gasteiger partial charge is 0.481 e. The van der Waals surface area contributed by atoms with Gasteiger partial charge in [-0.05, 0) is 5.92 Å². The highest BCUT2D eigenvalue weighted by Gasteiger charge is 2.37. The van der Waals surface area contributed by atoms with Crippen molar-refractivity contribution in [2.45, 2.75) is 34.6 Å². The average Bonchev–Trinajstić information content (AvgIpc) is 2.45. The van der Waals surface area contributed by atoms with Crippen molar-refractivity contribution in [1.29, 1.82) is 0 Å². The van der Waals surface area contributed by atoms with Crippen molar-refractivity contribution >= 4 is 17.9 Å². The Morgan fingerprint density at radius 3 is 1.53 bits per heavy atom. The third-order valence-corrected chi connectivity index (χ3v) is 3.08. The molecule has 0 bridgehead atoms. The second-order valence-corrected chi connectivity index (χ2v) is 4.69. The van der Waals surface area contributed by atoms with Crippen molar-refractivity contribution in [3.63, 3.8) is 0 Å². The van der Waals surface area contributed by atoms with Gasteiger partial charge in [-0.2, -0.15) is 0 Å². The summed E-state index contributed by atoms with van der Waals surface area (Å²) in [5.41, 5.74) is 0. The molecule has 0 saturated carbocycles. The SMILES string of the molecule is CC(C)[C@@H](C)C(=O)O.C[C@@H]1C(=O)OC(=O)[C@@H]1C. The Balaban J connectivity index is 0.000000304. The molecule has 0 unspecified atom stereocenters. The Morgan fingerprint density at radius 2 is 1.47 bits per heavy atom. The molecular formula is C12H20O5. The topological polar surface area (TPSA) is 80.7 Å². The Morgan fingerprint density at radius 1 is 1.12 bits per heavy atom. The monoisotopic (exact) mass is 244 g/mol. The molecule has 0 radical (unpaired) electrons. The van der Waals surface area contributed by atoms with Crippen molar-refractivity contribution in [2.75, 3.05) is 0 Å². The first-order valence-corrected chi connectivity index (χ1v) is 5.66. The van der Waals surface area contributed by atoms with Crippen LogP contribution in [0.25, 0.3) is 0 Å². The number of hydrogen-bond donors (Lipinski definition) is 1. The summed E-state index contributed by atoms with van der Waals surface area (Å²) in [5.74, 6) is -1.97. The van der Waals surface area contributed by atoms with Gasteiger partial charge in [0.1, 0.15) is 0 Å². The predicted molar refractivity (Wildman–Crippen MR) is 61.1 cm³/mol. The van der Waals surface area contributed by atoms with Crippen LogP contribution in [-0.4, -0.2) is 23.0 Å². The van der Waals surface area contributed by atoms with Gasteiger partial charge in [-0.15, -0.1) is 0 Å². The van der Waals surface area contributed by atoms with Gasteiger partial charge in [0.15, 0.2) is 0 Å². The van der Waals surface area contributed by atoms with Gasteiger partial charge in [0.25, 0.3) is 0 Å². The number of esters is 2. The van der Waals surface area contributed by atoms with Crippen molar-refractivity contribution in [2.24, 2.45) is 23.7 Å². The first-order chi connectivity index (χ1) is 7.68. The van der Waals surface area contributed by atoms with Crippen LogP contribution >= 0.6 is 0 Å². The zero-order valence-electron chi connectivity index (χ0n) is 10.9. The molecule has 1 fully saturated rings. The lowest BCUT2D eigenvalue weighted by atomic mass is 9.99. The Labute approximate surface area is 101 Å². The molecule has 1 N–H and O–H groups in total. The van der Waals surface area contributed by atoms with E-state index in [1.54, 1.807) is 20.8 Å². The number of carboxylic acid groups (broad SMARTS) is 1. The number of ether oxygens (including phenoxy) is 1. The molecule has 17 heavy (non-hydrogen) atoms. The van der Waals surface area contributed by atoms with E-state index < -0.39 is 17.9 Å². The van der Waals surface area contributed by atoms with Gasteiger partial charge in [-0.3, -0.25) is 14.4 Å². The fraction of sp³-hybridized carbons (Fsp3) is 0.750. The summed E-state index contributed by atoms with van der Waals surface area (Å²) in [7, 11) is 0. The van der Waals surface area contributed by atoms with Gasteiger partial charge in [0.2, 0.25) is 0 Å². The molecule has 0 amide bonds. The Kier molecular flexibility index (Phi) is 5.85. The number of hydrogen-bond acceptors (Lipinski definition) is 4. The minimum Gasteiger partial charge on any atom is -0.481 e. The molecule has 1 rings (SSSR count). The first kappa shape index (κ1) is 15.6. The highest BCUT2D eigenvalue weighted by atomic mass is 16.6. The molecular weight excluding hydrogens is 224 g/mol. The number of carbonyl (C=O) groups excluding carboxylic acids is 2. The minimum absolute atomic E-state index is 0.213. The summed E-state index contributed by atoms with van der Waals surface area (Å²) >= 11 is 0. The normalized spacial score (nSPS) is 25.1. The standard InChI is InChI=1S/C6H8O3.C6H12O2/c1-3-4(2)6(8)9-5(3)7;1-4(2)5(3)6(7)8/h3-4H,1-2H3;4-5H,1-3H3,(H,7,8)/t3-,4+;5-/m.1/s1. The second-order valence-electron chi connectivity index (χ2n) is 4.69. The van der Waals surface area contributed by atoms with Crippen LogP contribution in [0.5, 0.6) is 0 Å². The second kappa shape index (κ2) is 6.37. The van der Waals surface area contributed by atoms with Crippen molar-refractivity contribution in [1.82, 2.24) is 0 Å². The lowest BCUT2D eigenvalue weighted by Crippen LogP contribution is -2.15. The lowest BCUT2D eigenvalue weighted by molar-refractivity contribution is -0.153. The number of aliphatic carboxylic acids is 1. The summed E-state index contributed by atoms with van der Waals surface area (Å²) < 4.78 is 4.31. The third kappa shape index (κ3) is 4.54. The van der Waals surface area contributed by atoms with E-state index in [0.29, 0.717) is 0 Å². The van der Waals surface area contributed by atoms with Crippen LogP contribution in [0.2, 0.25) is 0 Å². The van der Waals surface area contributed by atoms with E-state index >= 15 is 0 Å². The van der Waals surface area contributed by atoms with Crippen LogP contribution in [0.1, 0.15) is 34.6 Å². The van der Waals surface area contributed by atoms with E-state index in [1.807, 2.05) is 13.8 Å². The summed E-state index contributed by atoms with van der Waals surface area (Å²) in [5, 5.41) is 8.35. The van der Waals surface area contributed by atoms with Crippen molar-refractivity contribution < 1.29 is 24.2 Å². The fourth-order valence-electron chi connectivity index (χ4n) is 0.978. The molecule has 1 aliphatic heterocycles. The van der Waals surface area contributed by atoms with Gasteiger partial charge in [-0.1, -0.05) is 34.6 Å². The molecule has 1 heterocycles. The average molecular weight is 244 g/mol. The number of carboxylic acids is 1. The van der Waals surface area contributed by atoms with Crippen LogP contribution in [0.4, 0.5) is 0 Å². The number of rotatable bonds is 2. The summed E-state index contributed by atoms with van der Waals surface area (Å²) in [6.45, 7) is 8.90.